The molecule has 4 atom stereocenters. The van der Waals surface area contributed by atoms with Gasteiger partial charge in [-0.3, -0.25) is 14.4 Å². The average molecular weight is 516 g/mol. The molecule has 1 aliphatic rings. The summed E-state index contributed by atoms with van der Waals surface area (Å²) in [7, 11) is 1.24. The molecule has 4 unspecified atom stereocenters. The van der Waals surface area contributed by atoms with Gasteiger partial charge in [-0.15, -0.1) is 0 Å². The van der Waals surface area contributed by atoms with Crippen molar-refractivity contribution in [1.29, 1.82) is 0 Å². The fourth-order valence-electron chi connectivity index (χ4n) is 4.12. The summed E-state index contributed by atoms with van der Waals surface area (Å²) in [6, 6.07) is 5.06. The molecule has 0 aliphatic heterocycles. The van der Waals surface area contributed by atoms with Crippen molar-refractivity contribution >= 4 is 30.0 Å². The second-order valence-corrected chi connectivity index (χ2v) is 10.9. The molecule has 1 saturated carbocycles. The number of ether oxygens (including phenoxy) is 2. The highest BCUT2D eigenvalue weighted by Gasteiger charge is 2.48. The van der Waals surface area contributed by atoms with Crippen LogP contribution >= 0.6 is 0 Å². The number of nitrogens with zero attached hydrogens (tertiary/aromatic N) is 1. The Kier molecular flexibility index (Phi) is 10.3. The van der Waals surface area contributed by atoms with E-state index < -0.39 is 35.7 Å². The molecule has 0 heterocycles. The first kappa shape index (κ1) is 29.9. The highest BCUT2D eigenvalue weighted by molar-refractivity contribution is 5.93. The number of carbonyl (C=O) groups is 4. The van der Waals surface area contributed by atoms with Crippen LogP contribution in [0, 0.1) is 11.8 Å². The zero-order chi connectivity index (χ0) is 27.9. The van der Waals surface area contributed by atoms with Gasteiger partial charge in [-0.1, -0.05) is 51.6 Å². The third kappa shape index (κ3) is 8.91. The van der Waals surface area contributed by atoms with Crippen LogP contribution in [-0.2, 0) is 23.9 Å². The van der Waals surface area contributed by atoms with E-state index in [2.05, 4.69) is 21.9 Å². The van der Waals surface area contributed by atoms with E-state index in [0.29, 0.717) is 18.4 Å². The minimum atomic E-state index is -1.03. The third-order valence-corrected chi connectivity index (χ3v) is 6.00. The predicted octanol–water partition coefficient (Wildman–Crippen LogP) is 3.84. The van der Waals surface area contributed by atoms with Crippen LogP contribution in [0.4, 0.5) is 4.79 Å². The fourth-order valence-corrected chi connectivity index (χ4v) is 4.12. The zero-order valence-corrected chi connectivity index (χ0v) is 23.0. The van der Waals surface area contributed by atoms with E-state index >= 15 is 0 Å². The molecule has 9 heteroatoms. The van der Waals surface area contributed by atoms with Gasteiger partial charge in [0.1, 0.15) is 24.2 Å². The molecule has 2 N–H and O–H groups in total. The van der Waals surface area contributed by atoms with Gasteiger partial charge in [-0.05, 0) is 62.6 Å². The van der Waals surface area contributed by atoms with Gasteiger partial charge in [0.2, 0.25) is 11.8 Å². The summed E-state index contributed by atoms with van der Waals surface area (Å²) in [5.74, 6) is -1.24. The van der Waals surface area contributed by atoms with E-state index in [1.165, 1.54) is 7.11 Å². The van der Waals surface area contributed by atoms with Gasteiger partial charge in [-0.2, -0.15) is 0 Å². The monoisotopic (exact) mass is 515 g/mol. The highest BCUT2D eigenvalue weighted by Crippen LogP contribution is 2.41. The van der Waals surface area contributed by atoms with Gasteiger partial charge in [-0.25, -0.2) is 4.79 Å². The quantitative estimate of drug-likeness (QED) is 0.433. The molecule has 3 amide bonds. The van der Waals surface area contributed by atoms with Crippen molar-refractivity contribution in [2.24, 2.45) is 11.8 Å². The SMILES string of the molecule is C=Cc1cccc(C(C(=O)NCC(=O)OC)N(C(=O)C(CC(C)C)NC(=O)OC(C)(C)C)C2CC2C)c1. The Morgan fingerprint density at radius 2 is 1.86 bits per heavy atom. The molecule has 204 valence electrons. The van der Waals surface area contributed by atoms with Crippen molar-refractivity contribution in [2.75, 3.05) is 13.7 Å². The number of methoxy groups -OCH3 is 1. The van der Waals surface area contributed by atoms with Crippen LogP contribution in [-0.4, -0.2) is 60.1 Å². The van der Waals surface area contributed by atoms with Gasteiger partial charge in [0.25, 0.3) is 0 Å². The molecule has 0 aromatic heterocycles. The number of rotatable bonds is 11. The summed E-state index contributed by atoms with van der Waals surface area (Å²) in [6.45, 7) is 14.6. The van der Waals surface area contributed by atoms with E-state index in [0.717, 1.165) is 5.56 Å². The molecule has 1 aromatic carbocycles. The van der Waals surface area contributed by atoms with Crippen LogP contribution in [0.25, 0.3) is 6.08 Å². The van der Waals surface area contributed by atoms with Crippen LogP contribution in [0.1, 0.15) is 71.6 Å². The van der Waals surface area contributed by atoms with E-state index in [-0.39, 0.29) is 30.3 Å². The number of hydrogen-bond donors (Lipinski definition) is 2. The Morgan fingerprint density at radius 1 is 1.22 bits per heavy atom. The van der Waals surface area contributed by atoms with Crippen molar-refractivity contribution in [3.63, 3.8) is 0 Å². The van der Waals surface area contributed by atoms with Crippen LogP contribution in [0.15, 0.2) is 30.8 Å². The van der Waals surface area contributed by atoms with Crippen LogP contribution < -0.4 is 10.6 Å². The minimum Gasteiger partial charge on any atom is -0.468 e. The topological polar surface area (TPSA) is 114 Å². The van der Waals surface area contributed by atoms with Gasteiger partial charge >= 0.3 is 12.1 Å². The fraction of sp³-hybridized carbons (Fsp3) is 0.571. The Balaban J connectivity index is 2.51. The average Bonchev–Trinajstić information content (AvgIpc) is 3.53. The molecule has 0 radical (unpaired) electrons. The molecule has 0 saturated heterocycles. The maximum atomic E-state index is 14.1. The summed E-state index contributed by atoms with van der Waals surface area (Å²) in [4.78, 5) is 53.7. The molecular weight excluding hydrogens is 474 g/mol. The van der Waals surface area contributed by atoms with E-state index in [1.54, 1.807) is 49.9 Å². The third-order valence-electron chi connectivity index (χ3n) is 6.00. The molecule has 1 aromatic rings. The van der Waals surface area contributed by atoms with Crippen molar-refractivity contribution in [2.45, 2.75) is 78.1 Å². The predicted molar refractivity (Wildman–Crippen MR) is 141 cm³/mol. The Labute approximate surface area is 219 Å². The Hall–Kier alpha value is -3.36. The van der Waals surface area contributed by atoms with Crippen LogP contribution in [0.2, 0.25) is 0 Å². The van der Waals surface area contributed by atoms with Crippen molar-refractivity contribution in [3.8, 4) is 0 Å². The standard InChI is InChI=1S/C28H41N3O6/c1-9-19-11-10-12-20(15-19)24(25(33)29-16-23(32)36-8)31(22-14-18(22)4)26(34)21(13-17(2)3)30-27(35)37-28(5,6)7/h9-12,15,17-18,21-22,24H,1,13-14,16H2,2-8H3,(H,29,33)(H,30,35). The molecule has 0 spiro atoms. The first-order valence-corrected chi connectivity index (χ1v) is 12.7. The summed E-state index contributed by atoms with van der Waals surface area (Å²) >= 11 is 0. The summed E-state index contributed by atoms with van der Waals surface area (Å²) in [6.07, 6.45) is 2.04. The normalized spacial score (nSPS) is 18.3. The number of carbonyl (C=O) groups excluding carboxylic acids is 4. The lowest BCUT2D eigenvalue weighted by Crippen LogP contribution is -2.54. The number of amides is 3. The number of hydrogen-bond acceptors (Lipinski definition) is 6. The lowest BCUT2D eigenvalue weighted by Gasteiger charge is -2.35. The maximum Gasteiger partial charge on any atom is 0.408 e. The molecule has 2 rings (SSSR count). The van der Waals surface area contributed by atoms with E-state index in [4.69, 9.17) is 4.74 Å². The van der Waals surface area contributed by atoms with Gasteiger partial charge in [0.15, 0.2) is 0 Å². The second-order valence-electron chi connectivity index (χ2n) is 10.9. The molecule has 37 heavy (non-hydrogen) atoms. The largest absolute Gasteiger partial charge is 0.468 e. The number of alkyl carbamates (subject to hydrolysis) is 1. The summed E-state index contributed by atoms with van der Waals surface area (Å²) < 4.78 is 10.1. The Bertz CT molecular complexity index is 1000. The maximum absolute atomic E-state index is 14.1. The van der Waals surface area contributed by atoms with Crippen molar-refractivity contribution < 1.29 is 28.7 Å². The lowest BCUT2D eigenvalue weighted by molar-refractivity contribution is -0.145. The molecule has 1 aliphatic carbocycles. The molecular formula is C28H41N3O6. The summed E-state index contributed by atoms with van der Waals surface area (Å²) in [5, 5.41) is 5.34. The number of nitrogens with one attached hydrogen (secondary N) is 2. The first-order chi connectivity index (χ1) is 17.3. The van der Waals surface area contributed by atoms with Crippen LogP contribution in [0.5, 0.6) is 0 Å². The van der Waals surface area contributed by atoms with Gasteiger partial charge in [0, 0.05) is 6.04 Å². The smallest absolute Gasteiger partial charge is 0.408 e. The van der Waals surface area contributed by atoms with Gasteiger partial charge in [0.05, 0.1) is 7.11 Å². The summed E-state index contributed by atoms with van der Waals surface area (Å²) in [5.41, 5.74) is 0.625. The number of benzene rings is 1. The number of esters is 1. The van der Waals surface area contributed by atoms with Gasteiger partial charge < -0.3 is 25.0 Å². The zero-order valence-electron chi connectivity index (χ0n) is 23.0. The minimum absolute atomic E-state index is 0.0815. The van der Waals surface area contributed by atoms with E-state index in [1.807, 2.05) is 26.8 Å². The second kappa shape index (κ2) is 12.7. The highest BCUT2D eigenvalue weighted by atomic mass is 16.6. The van der Waals surface area contributed by atoms with E-state index in [9.17, 15) is 19.2 Å². The molecule has 1 fully saturated rings. The van der Waals surface area contributed by atoms with Crippen molar-refractivity contribution in [3.05, 3.63) is 42.0 Å². The molecule has 9 nitrogen and oxygen atoms in total. The Morgan fingerprint density at radius 3 is 2.38 bits per heavy atom. The first-order valence-electron chi connectivity index (χ1n) is 12.7. The van der Waals surface area contributed by atoms with Crippen molar-refractivity contribution in [1.82, 2.24) is 15.5 Å². The molecule has 0 bridgehead atoms. The lowest BCUT2D eigenvalue weighted by atomic mass is 9.97. The van der Waals surface area contributed by atoms with Crippen LogP contribution in [0.3, 0.4) is 0 Å².